The Morgan fingerprint density at radius 1 is 1.29 bits per heavy atom. The zero-order valence-electron chi connectivity index (χ0n) is 13.1. The smallest absolute Gasteiger partial charge is 0.305 e. The lowest BCUT2D eigenvalue weighted by Gasteiger charge is -2.41. The van der Waals surface area contributed by atoms with Crippen LogP contribution in [0.25, 0.3) is 0 Å². The molecule has 5 nitrogen and oxygen atoms in total. The molecule has 0 spiro atoms. The average Bonchev–Trinajstić information content (AvgIpc) is 2.41. The molecular formula is C16H27NO4. The van der Waals surface area contributed by atoms with Crippen molar-refractivity contribution >= 4 is 11.9 Å². The number of hydrogen-bond acceptors (Lipinski definition) is 3. The summed E-state index contributed by atoms with van der Waals surface area (Å²) in [4.78, 5) is 25.3. The number of carboxylic acids is 1. The standard InChI is InChI=1S/C16H27NO4/c1-16(2)6-4-3-5-12(16)9-14(18)17-7-8-21-11-13(17)10-15(19)20/h12-13H,3-11H2,1-2H3,(H,19,20). The summed E-state index contributed by atoms with van der Waals surface area (Å²) in [6.07, 6.45) is 5.24. The Morgan fingerprint density at radius 3 is 2.71 bits per heavy atom. The largest absolute Gasteiger partial charge is 0.481 e. The van der Waals surface area contributed by atoms with Crippen molar-refractivity contribution in [3.05, 3.63) is 0 Å². The highest BCUT2D eigenvalue weighted by Gasteiger charge is 2.36. The fourth-order valence-corrected chi connectivity index (χ4v) is 3.63. The quantitative estimate of drug-likeness (QED) is 0.864. The van der Waals surface area contributed by atoms with Crippen LogP contribution < -0.4 is 0 Å². The fraction of sp³-hybridized carbons (Fsp3) is 0.875. The summed E-state index contributed by atoms with van der Waals surface area (Å²) in [5.41, 5.74) is 0.211. The average molecular weight is 297 g/mol. The number of hydrogen-bond donors (Lipinski definition) is 1. The van der Waals surface area contributed by atoms with Gasteiger partial charge >= 0.3 is 5.97 Å². The Bertz CT molecular complexity index is 394. The minimum atomic E-state index is -0.874. The summed E-state index contributed by atoms with van der Waals surface area (Å²) in [5.74, 6) is -0.363. The molecule has 0 aromatic heterocycles. The molecule has 1 heterocycles. The van der Waals surface area contributed by atoms with Gasteiger partial charge in [-0.05, 0) is 24.2 Å². The topological polar surface area (TPSA) is 66.8 Å². The van der Waals surface area contributed by atoms with E-state index in [1.807, 2.05) is 0 Å². The van der Waals surface area contributed by atoms with E-state index >= 15 is 0 Å². The summed E-state index contributed by atoms with van der Waals surface area (Å²) >= 11 is 0. The van der Waals surface area contributed by atoms with E-state index in [1.54, 1.807) is 4.90 Å². The Hall–Kier alpha value is -1.10. The van der Waals surface area contributed by atoms with Crippen LogP contribution in [0, 0.1) is 11.3 Å². The first kappa shape index (κ1) is 16.3. The molecule has 0 bridgehead atoms. The predicted molar refractivity (Wildman–Crippen MR) is 78.9 cm³/mol. The molecule has 0 radical (unpaired) electrons. The third-order valence-electron chi connectivity index (χ3n) is 5.11. The van der Waals surface area contributed by atoms with Crippen LogP contribution in [0.15, 0.2) is 0 Å². The lowest BCUT2D eigenvalue weighted by atomic mass is 9.67. The number of carboxylic acid groups (broad SMARTS) is 1. The molecule has 5 heteroatoms. The molecule has 1 amide bonds. The molecule has 21 heavy (non-hydrogen) atoms. The van der Waals surface area contributed by atoms with E-state index in [9.17, 15) is 9.59 Å². The van der Waals surface area contributed by atoms with Gasteiger partial charge in [-0.2, -0.15) is 0 Å². The minimum absolute atomic E-state index is 0.0280. The molecule has 2 rings (SSSR count). The molecule has 1 aliphatic carbocycles. The molecule has 1 N–H and O–H groups in total. The van der Waals surface area contributed by atoms with E-state index in [0.717, 1.165) is 6.42 Å². The molecule has 1 saturated carbocycles. The second-order valence-corrected chi connectivity index (χ2v) is 7.05. The number of nitrogens with zero attached hydrogens (tertiary/aromatic N) is 1. The van der Waals surface area contributed by atoms with Gasteiger partial charge in [0.1, 0.15) is 0 Å². The van der Waals surface area contributed by atoms with Crippen molar-refractivity contribution in [2.45, 2.75) is 58.4 Å². The van der Waals surface area contributed by atoms with Crippen molar-refractivity contribution in [1.82, 2.24) is 4.90 Å². The zero-order chi connectivity index (χ0) is 15.5. The van der Waals surface area contributed by atoms with Gasteiger partial charge in [-0.25, -0.2) is 0 Å². The predicted octanol–water partition coefficient (Wildman–Crippen LogP) is 2.30. The van der Waals surface area contributed by atoms with Gasteiger partial charge < -0.3 is 14.7 Å². The molecule has 1 aliphatic heterocycles. The Labute approximate surface area is 126 Å². The molecule has 1 saturated heterocycles. The Morgan fingerprint density at radius 2 is 2.05 bits per heavy atom. The summed E-state index contributed by atoms with van der Waals surface area (Å²) in [6.45, 7) is 5.86. The first-order chi connectivity index (χ1) is 9.90. The molecule has 0 aromatic carbocycles. The normalized spacial score (nSPS) is 29.1. The number of amides is 1. The summed E-state index contributed by atoms with van der Waals surface area (Å²) < 4.78 is 5.34. The number of carbonyl (C=O) groups excluding carboxylic acids is 1. The van der Waals surface area contributed by atoms with Gasteiger partial charge in [0.05, 0.1) is 25.7 Å². The van der Waals surface area contributed by atoms with Crippen LogP contribution >= 0.6 is 0 Å². The van der Waals surface area contributed by atoms with Crippen molar-refractivity contribution in [2.75, 3.05) is 19.8 Å². The summed E-state index contributed by atoms with van der Waals surface area (Å²) in [5, 5.41) is 8.98. The summed E-state index contributed by atoms with van der Waals surface area (Å²) in [6, 6.07) is -0.310. The van der Waals surface area contributed by atoms with Crippen molar-refractivity contribution in [2.24, 2.45) is 11.3 Å². The molecule has 2 fully saturated rings. The second kappa shape index (κ2) is 6.77. The summed E-state index contributed by atoms with van der Waals surface area (Å²) in [7, 11) is 0. The lowest BCUT2D eigenvalue weighted by molar-refractivity contribution is -0.147. The van der Waals surface area contributed by atoms with Crippen molar-refractivity contribution in [3.8, 4) is 0 Å². The maximum Gasteiger partial charge on any atom is 0.305 e. The third-order valence-corrected chi connectivity index (χ3v) is 5.11. The number of aliphatic carboxylic acids is 1. The van der Waals surface area contributed by atoms with E-state index in [-0.39, 0.29) is 23.8 Å². The molecule has 2 unspecified atom stereocenters. The number of rotatable bonds is 4. The van der Waals surface area contributed by atoms with Crippen LogP contribution in [0.3, 0.4) is 0 Å². The van der Waals surface area contributed by atoms with Crippen molar-refractivity contribution < 1.29 is 19.4 Å². The van der Waals surface area contributed by atoms with Crippen LogP contribution in [0.2, 0.25) is 0 Å². The Balaban J connectivity index is 1.98. The highest BCUT2D eigenvalue weighted by molar-refractivity contribution is 5.78. The van der Waals surface area contributed by atoms with Gasteiger partial charge in [-0.1, -0.05) is 26.7 Å². The fourth-order valence-electron chi connectivity index (χ4n) is 3.63. The SMILES string of the molecule is CC1(C)CCCCC1CC(=O)N1CCOCC1CC(=O)O. The first-order valence-corrected chi connectivity index (χ1v) is 7.99. The highest BCUT2D eigenvalue weighted by Crippen LogP contribution is 2.42. The maximum absolute atomic E-state index is 12.6. The molecule has 120 valence electrons. The van der Waals surface area contributed by atoms with Crippen LogP contribution in [0.4, 0.5) is 0 Å². The van der Waals surface area contributed by atoms with Gasteiger partial charge in [0, 0.05) is 13.0 Å². The van der Waals surface area contributed by atoms with E-state index in [0.29, 0.717) is 32.1 Å². The van der Waals surface area contributed by atoms with Gasteiger partial charge in [0.25, 0.3) is 0 Å². The van der Waals surface area contributed by atoms with Crippen molar-refractivity contribution in [1.29, 1.82) is 0 Å². The Kier molecular flexibility index (Phi) is 5.25. The van der Waals surface area contributed by atoms with Gasteiger partial charge in [-0.15, -0.1) is 0 Å². The number of ether oxygens (including phenoxy) is 1. The number of carbonyl (C=O) groups is 2. The van der Waals surface area contributed by atoms with Crippen LogP contribution in [-0.4, -0.2) is 47.7 Å². The van der Waals surface area contributed by atoms with Crippen LogP contribution in [0.5, 0.6) is 0 Å². The molecule has 2 atom stereocenters. The maximum atomic E-state index is 12.6. The first-order valence-electron chi connectivity index (χ1n) is 7.99. The third kappa shape index (κ3) is 4.19. The monoisotopic (exact) mass is 297 g/mol. The van der Waals surface area contributed by atoms with Gasteiger partial charge in [0.15, 0.2) is 0 Å². The molecular weight excluding hydrogens is 270 g/mol. The highest BCUT2D eigenvalue weighted by atomic mass is 16.5. The van der Waals surface area contributed by atoms with Gasteiger partial charge in [0.2, 0.25) is 5.91 Å². The van der Waals surface area contributed by atoms with E-state index in [2.05, 4.69) is 13.8 Å². The van der Waals surface area contributed by atoms with E-state index in [4.69, 9.17) is 9.84 Å². The molecule has 0 aromatic rings. The van der Waals surface area contributed by atoms with Crippen molar-refractivity contribution in [3.63, 3.8) is 0 Å². The number of morpholine rings is 1. The minimum Gasteiger partial charge on any atom is -0.481 e. The van der Waals surface area contributed by atoms with Crippen LogP contribution in [-0.2, 0) is 14.3 Å². The van der Waals surface area contributed by atoms with Crippen LogP contribution in [0.1, 0.15) is 52.4 Å². The zero-order valence-corrected chi connectivity index (χ0v) is 13.1. The lowest BCUT2D eigenvalue weighted by Crippen LogP contribution is -2.50. The van der Waals surface area contributed by atoms with Gasteiger partial charge in [-0.3, -0.25) is 9.59 Å². The second-order valence-electron chi connectivity index (χ2n) is 7.05. The van der Waals surface area contributed by atoms with E-state index in [1.165, 1.54) is 19.3 Å². The van der Waals surface area contributed by atoms with E-state index < -0.39 is 5.97 Å². The molecule has 2 aliphatic rings.